The van der Waals surface area contributed by atoms with Crippen molar-refractivity contribution in [2.24, 2.45) is 0 Å². The highest BCUT2D eigenvalue weighted by atomic mass is 16.3. The summed E-state index contributed by atoms with van der Waals surface area (Å²) in [5.41, 5.74) is -5.26. The summed E-state index contributed by atoms with van der Waals surface area (Å²) in [5, 5.41) is -6.56. The molecule has 0 aliphatic carbocycles. The Labute approximate surface area is 343 Å². The molecule has 1 heteroatoms. The Kier molecular flexibility index (Phi) is 2.68. The maximum absolute atomic E-state index is 9.96. The molecule has 0 aliphatic heterocycles. The number of hydrogen-bond donors (Lipinski definition) is 0. The van der Waals surface area contributed by atoms with E-state index in [9.17, 15) is 16.4 Å². The SMILES string of the molecule is [2H]c1c([2H])c(-c2c([2H])c([2H])c3c([2H])c([2H])c4c([2H])c([2H])c([2H])c([2H])c4c3c2[2H])c([2H])c(-c2c3c([2H])c([2H])c([2H])c([2H])c3c(Cc3c([2H])c([2H])c([2H])c4oc5c6c([2H])c([2H])c([2H])c([2H])c6c([2H])c([2H])c5c34)c3c([2H])c([2H])c([2H])c([2H])c23)c1[2H]. The molecular formula is C51H32O. The molecule has 0 aliphatic rings. The average molecular weight is 691 g/mol. The van der Waals surface area contributed by atoms with Crippen molar-refractivity contribution in [2.75, 3.05) is 0 Å². The van der Waals surface area contributed by atoms with Crippen LogP contribution in [0.25, 0.3) is 98.1 Å². The van der Waals surface area contributed by atoms with Gasteiger partial charge in [0.05, 0.1) is 41.1 Å². The molecule has 0 fully saturated rings. The van der Waals surface area contributed by atoms with Crippen molar-refractivity contribution in [1.82, 2.24) is 0 Å². The van der Waals surface area contributed by atoms with E-state index in [1.165, 1.54) is 0 Å². The van der Waals surface area contributed by atoms with Crippen LogP contribution in [-0.4, -0.2) is 0 Å². The lowest BCUT2D eigenvalue weighted by atomic mass is 9.85. The molecule has 0 saturated heterocycles. The number of rotatable bonds is 4. The largest absolute Gasteiger partial charge is 0.455 e. The first-order valence-corrected chi connectivity index (χ1v) is 15.6. The van der Waals surface area contributed by atoms with Crippen molar-refractivity contribution in [2.45, 2.75) is 6.42 Å². The lowest BCUT2D eigenvalue weighted by Crippen LogP contribution is -1.96. The fourth-order valence-corrected chi connectivity index (χ4v) is 6.59. The third-order valence-corrected chi connectivity index (χ3v) is 8.85. The first kappa shape index (κ1) is 12.2. The topological polar surface area (TPSA) is 13.1 Å². The van der Waals surface area contributed by atoms with E-state index in [2.05, 4.69) is 0 Å². The summed E-state index contributed by atoms with van der Waals surface area (Å²) >= 11 is 0. The summed E-state index contributed by atoms with van der Waals surface area (Å²) in [7, 11) is 0. The second-order valence-corrected chi connectivity index (χ2v) is 11.6. The summed E-state index contributed by atoms with van der Waals surface area (Å²) in [6.45, 7) is 0. The third kappa shape index (κ3) is 4.43. The molecule has 242 valence electrons. The summed E-state index contributed by atoms with van der Waals surface area (Å²) < 4.78 is 278. The molecule has 1 nitrogen and oxygen atoms in total. The van der Waals surface area contributed by atoms with Crippen LogP contribution >= 0.6 is 0 Å². The minimum atomic E-state index is -1.10. The van der Waals surface area contributed by atoms with E-state index in [1.807, 2.05) is 0 Å². The van der Waals surface area contributed by atoms with Crippen molar-refractivity contribution < 1.29 is 45.5 Å². The Balaban J connectivity index is 1.35. The Hall–Kier alpha value is -6.70. The van der Waals surface area contributed by atoms with E-state index < -0.39 is 291 Å². The molecule has 52 heavy (non-hydrogen) atoms. The molecule has 0 spiro atoms. The van der Waals surface area contributed by atoms with Gasteiger partial charge in [-0.25, -0.2) is 0 Å². The molecular weight excluding hydrogens is 629 g/mol. The van der Waals surface area contributed by atoms with Gasteiger partial charge < -0.3 is 4.42 Å². The first-order valence-electron chi connectivity index (χ1n) is 30.6. The quantitative estimate of drug-likeness (QED) is 0.132. The molecule has 0 amide bonds. The fourth-order valence-electron chi connectivity index (χ4n) is 6.59. The lowest BCUT2D eigenvalue weighted by molar-refractivity contribution is 0.672. The van der Waals surface area contributed by atoms with Crippen molar-refractivity contribution >= 4 is 75.8 Å². The Morgan fingerprint density at radius 3 is 1.71 bits per heavy atom. The number of hydrogen-bond acceptors (Lipinski definition) is 1. The van der Waals surface area contributed by atoms with Crippen LogP contribution in [0.4, 0.5) is 0 Å². The van der Waals surface area contributed by atoms with Crippen LogP contribution in [0.15, 0.2) is 186 Å². The molecule has 0 bridgehead atoms. The van der Waals surface area contributed by atoms with E-state index in [0.717, 1.165) is 0 Å². The molecule has 0 radical (unpaired) electrons. The van der Waals surface area contributed by atoms with Crippen LogP contribution in [-0.2, 0) is 6.42 Å². The van der Waals surface area contributed by atoms with Crippen molar-refractivity contribution in [3.63, 3.8) is 0 Å². The van der Waals surface area contributed by atoms with Gasteiger partial charge in [0.25, 0.3) is 0 Å². The van der Waals surface area contributed by atoms with Crippen LogP contribution in [0.3, 0.4) is 0 Å². The van der Waals surface area contributed by atoms with E-state index in [-0.39, 0.29) is 5.39 Å². The number of fused-ring (bicyclic) bond motifs is 10. The highest BCUT2D eigenvalue weighted by Gasteiger charge is 2.19. The summed E-state index contributed by atoms with van der Waals surface area (Å²) in [4.78, 5) is 0. The standard InChI is InChI=1S/C51H32O/c1-3-16-39-32(11-1)23-24-34-25-26-36(30-46(34)39)35-13-9-14-37(29-35)49-43-20-7-5-18-41(43)47(42-19-6-8-21-44(42)49)31-38-15-10-22-48-50(38)45-28-27-33-12-2-4-17-40(33)51(45)52-48/h1-30H,31H2/i1D,2D,3D,4D,5D,6D,7D,8D,9D,10D,11D,12D,13D,14D,15D,16D,17D,18D,19D,20D,21D,22D,23D,24D,25D,26D,27D,28D,29D,30D. The fraction of sp³-hybridized carbons (Fsp3) is 0.0196. The van der Waals surface area contributed by atoms with Gasteiger partial charge in [-0.05, 0) is 112 Å². The summed E-state index contributed by atoms with van der Waals surface area (Å²) in [6.07, 6.45) is -0.910. The zero-order valence-corrected chi connectivity index (χ0v) is 26.1. The smallest absolute Gasteiger partial charge is 0.143 e. The maximum Gasteiger partial charge on any atom is 0.143 e. The number of benzene rings is 10. The highest BCUT2D eigenvalue weighted by Crippen LogP contribution is 2.43. The Morgan fingerprint density at radius 1 is 0.385 bits per heavy atom. The van der Waals surface area contributed by atoms with Gasteiger partial charge in [-0.3, -0.25) is 0 Å². The van der Waals surface area contributed by atoms with Crippen LogP contribution in [0.2, 0.25) is 0 Å². The van der Waals surface area contributed by atoms with Gasteiger partial charge in [0.15, 0.2) is 0 Å². The summed E-state index contributed by atoms with van der Waals surface area (Å²) in [6, 6.07) is -26.7. The van der Waals surface area contributed by atoms with E-state index in [4.69, 9.17) is 29.1 Å². The van der Waals surface area contributed by atoms with Crippen molar-refractivity contribution in [3.8, 4) is 22.3 Å². The van der Waals surface area contributed by atoms with Gasteiger partial charge in [-0.2, -0.15) is 0 Å². The van der Waals surface area contributed by atoms with E-state index >= 15 is 0 Å². The zero-order valence-electron chi connectivity index (χ0n) is 56.1. The van der Waals surface area contributed by atoms with Gasteiger partial charge in [0.2, 0.25) is 0 Å². The van der Waals surface area contributed by atoms with Crippen LogP contribution in [0.5, 0.6) is 0 Å². The molecule has 11 rings (SSSR count). The van der Waals surface area contributed by atoms with Crippen LogP contribution < -0.4 is 0 Å². The molecule has 0 saturated carbocycles. The summed E-state index contributed by atoms with van der Waals surface area (Å²) in [5.74, 6) is 0. The normalized spacial score (nSPS) is 20.0. The van der Waals surface area contributed by atoms with E-state index in [1.54, 1.807) is 0 Å². The number of furan rings is 1. The second kappa shape index (κ2) is 11.4. The third-order valence-electron chi connectivity index (χ3n) is 8.85. The predicted molar refractivity (Wildman–Crippen MR) is 221 cm³/mol. The second-order valence-electron chi connectivity index (χ2n) is 11.6. The van der Waals surface area contributed by atoms with Crippen molar-refractivity contribution in [3.05, 3.63) is 192 Å². The molecule has 1 aromatic heterocycles. The van der Waals surface area contributed by atoms with Crippen LogP contribution in [0, 0.1) is 0 Å². The molecule has 1 heterocycles. The zero-order chi connectivity index (χ0) is 60.3. The Morgan fingerprint density at radius 2 is 0.942 bits per heavy atom. The van der Waals surface area contributed by atoms with Gasteiger partial charge in [0, 0.05) is 16.2 Å². The molecule has 11 aromatic rings. The average Bonchev–Trinajstić information content (AvgIpc) is 1.13. The molecule has 0 N–H and O–H groups in total. The Bertz CT molecular complexity index is 4870. The molecule has 0 atom stereocenters. The van der Waals surface area contributed by atoms with Crippen LogP contribution in [0.1, 0.15) is 52.2 Å². The lowest BCUT2D eigenvalue weighted by Gasteiger charge is -2.18. The van der Waals surface area contributed by atoms with Gasteiger partial charge in [-0.15, -0.1) is 0 Å². The predicted octanol–water partition coefficient (Wildman–Crippen LogP) is 14.3. The monoisotopic (exact) mass is 690 g/mol. The molecule has 10 aromatic carbocycles. The van der Waals surface area contributed by atoms with Gasteiger partial charge in [0.1, 0.15) is 11.2 Å². The minimum Gasteiger partial charge on any atom is -0.455 e. The van der Waals surface area contributed by atoms with E-state index in [0.29, 0.717) is 0 Å². The highest BCUT2D eigenvalue weighted by molar-refractivity contribution is 6.18. The van der Waals surface area contributed by atoms with Crippen molar-refractivity contribution in [1.29, 1.82) is 0 Å². The first-order chi connectivity index (χ1) is 38.3. The van der Waals surface area contributed by atoms with Gasteiger partial charge >= 0.3 is 0 Å². The molecule has 0 unspecified atom stereocenters. The van der Waals surface area contributed by atoms with Gasteiger partial charge in [-0.1, -0.05) is 157 Å². The maximum atomic E-state index is 9.96. The minimum absolute atomic E-state index is 0.362.